The molecule has 2 aromatic carbocycles. The van der Waals surface area contributed by atoms with Crippen molar-refractivity contribution in [2.24, 2.45) is 0 Å². The normalized spacial score (nSPS) is 13.9. The van der Waals surface area contributed by atoms with Gasteiger partial charge in [-0.2, -0.15) is 13.2 Å². The number of urea groups is 1. The number of aryl methyl sites for hydroxylation is 1. The molecule has 1 heterocycles. The fourth-order valence-electron chi connectivity index (χ4n) is 3.30. The summed E-state index contributed by atoms with van der Waals surface area (Å²) in [6.07, 6.45) is -5.13. The maximum Gasteiger partial charge on any atom is 0.472 e. The predicted molar refractivity (Wildman–Crippen MR) is 113 cm³/mol. The lowest BCUT2D eigenvalue weighted by Gasteiger charge is -2.33. The van der Waals surface area contributed by atoms with Crippen molar-refractivity contribution in [1.29, 1.82) is 0 Å². The van der Waals surface area contributed by atoms with Crippen molar-refractivity contribution in [3.05, 3.63) is 65.0 Å². The van der Waals surface area contributed by atoms with Crippen LogP contribution in [0.3, 0.4) is 0 Å². The summed E-state index contributed by atoms with van der Waals surface area (Å²) in [6.45, 7) is 3.38. The quantitative estimate of drug-likeness (QED) is 0.518. The number of amides is 4. The molecule has 8 nitrogen and oxygen atoms in total. The molecule has 34 heavy (non-hydrogen) atoms. The molecule has 1 aliphatic rings. The van der Waals surface area contributed by atoms with Crippen molar-refractivity contribution < 1.29 is 36.7 Å². The van der Waals surface area contributed by atoms with E-state index in [-0.39, 0.29) is 18.1 Å². The standard InChI is InChI=1S/C22H22F4N4O4/c1-14-12-17(23)6-7-18(14)30(21(33)29-8-10-34-11-9-29)13-15-2-4-16(5-3-15)19(31)27-28-20(32)22(24,25)26/h2-7,12H,8-11,13H2,1H3,(H,27,31)(H,28,32). The number of alkyl halides is 3. The molecular weight excluding hydrogens is 460 g/mol. The first-order chi connectivity index (χ1) is 16.1. The number of nitrogens with one attached hydrogen (secondary N) is 2. The first kappa shape index (κ1) is 25.0. The second-order valence-electron chi connectivity index (χ2n) is 7.50. The minimum absolute atomic E-state index is 0.00440. The van der Waals surface area contributed by atoms with Crippen molar-refractivity contribution in [1.82, 2.24) is 15.8 Å². The SMILES string of the molecule is Cc1cc(F)ccc1N(Cc1ccc(C(=O)NNC(=O)C(F)(F)F)cc1)C(=O)N1CCOCC1. The van der Waals surface area contributed by atoms with Gasteiger partial charge >= 0.3 is 18.1 Å². The summed E-state index contributed by atoms with van der Waals surface area (Å²) >= 11 is 0. The molecule has 0 atom stereocenters. The Balaban J connectivity index is 1.76. The molecule has 182 valence electrons. The number of ether oxygens (including phenoxy) is 1. The maximum atomic E-state index is 13.6. The van der Waals surface area contributed by atoms with Crippen molar-refractivity contribution >= 4 is 23.5 Å². The molecule has 0 radical (unpaired) electrons. The number of hydrogen-bond donors (Lipinski definition) is 2. The Morgan fingerprint density at radius 1 is 1.03 bits per heavy atom. The zero-order chi connectivity index (χ0) is 24.9. The van der Waals surface area contributed by atoms with E-state index in [1.54, 1.807) is 17.2 Å². The predicted octanol–water partition coefficient (Wildman–Crippen LogP) is 2.92. The van der Waals surface area contributed by atoms with Crippen molar-refractivity contribution in [2.45, 2.75) is 19.6 Å². The number of rotatable bonds is 4. The molecule has 4 amide bonds. The van der Waals surface area contributed by atoms with E-state index in [0.29, 0.717) is 43.1 Å². The fraction of sp³-hybridized carbons (Fsp3) is 0.318. The first-order valence-corrected chi connectivity index (χ1v) is 10.2. The molecule has 0 unspecified atom stereocenters. The highest BCUT2D eigenvalue weighted by Gasteiger charge is 2.39. The van der Waals surface area contributed by atoms with Crippen LogP contribution in [0.1, 0.15) is 21.5 Å². The number of morpholine rings is 1. The first-order valence-electron chi connectivity index (χ1n) is 10.2. The Kier molecular flexibility index (Phi) is 7.72. The number of benzene rings is 2. The molecule has 1 aliphatic heterocycles. The Hall–Kier alpha value is -3.67. The highest BCUT2D eigenvalue weighted by Crippen LogP contribution is 2.25. The Labute approximate surface area is 192 Å². The van der Waals surface area contributed by atoms with Gasteiger partial charge in [0, 0.05) is 24.3 Å². The zero-order valence-electron chi connectivity index (χ0n) is 18.1. The Morgan fingerprint density at radius 3 is 2.26 bits per heavy atom. The molecule has 3 rings (SSSR count). The van der Waals surface area contributed by atoms with Gasteiger partial charge in [-0.1, -0.05) is 12.1 Å². The van der Waals surface area contributed by atoms with Crippen LogP contribution in [0.2, 0.25) is 0 Å². The minimum Gasteiger partial charge on any atom is -0.378 e. The van der Waals surface area contributed by atoms with Gasteiger partial charge in [-0.15, -0.1) is 0 Å². The summed E-state index contributed by atoms with van der Waals surface area (Å²) in [6, 6.07) is 9.53. The minimum atomic E-state index is -5.13. The number of carbonyl (C=O) groups excluding carboxylic acids is 3. The summed E-state index contributed by atoms with van der Waals surface area (Å²) in [5, 5.41) is 0. The van der Waals surface area contributed by atoms with E-state index < -0.39 is 23.8 Å². The Bertz CT molecular complexity index is 1050. The summed E-state index contributed by atoms with van der Waals surface area (Å²) in [5.41, 5.74) is 4.65. The van der Waals surface area contributed by atoms with E-state index in [2.05, 4.69) is 0 Å². The molecule has 0 saturated carbocycles. The summed E-state index contributed by atoms with van der Waals surface area (Å²) in [4.78, 5) is 39.2. The number of nitrogens with zero attached hydrogens (tertiary/aromatic N) is 2. The summed E-state index contributed by atoms with van der Waals surface area (Å²) in [7, 11) is 0. The van der Waals surface area contributed by atoms with Crippen LogP contribution in [0.5, 0.6) is 0 Å². The van der Waals surface area contributed by atoms with Gasteiger partial charge in [0.1, 0.15) is 5.82 Å². The van der Waals surface area contributed by atoms with Crippen LogP contribution in [0.4, 0.5) is 28.0 Å². The Morgan fingerprint density at radius 2 is 1.68 bits per heavy atom. The van der Waals surface area contributed by atoms with E-state index in [9.17, 15) is 31.9 Å². The van der Waals surface area contributed by atoms with Crippen LogP contribution in [0.25, 0.3) is 0 Å². The number of halogens is 4. The molecule has 1 saturated heterocycles. The third-order valence-electron chi connectivity index (χ3n) is 5.07. The van der Waals surface area contributed by atoms with E-state index >= 15 is 0 Å². The molecule has 0 spiro atoms. The molecule has 2 N–H and O–H groups in total. The fourth-order valence-corrected chi connectivity index (χ4v) is 3.30. The van der Waals surface area contributed by atoms with Gasteiger partial charge in [-0.05, 0) is 48.4 Å². The molecule has 0 aromatic heterocycles. The van der Waals surface area contributed by atoms with Crippen LogP contribution >= 0.6 is 0 Å². The smallest absolute Gasteiger partial charge is 0.378 e. The lowest BCUT2D eigenvalue weighted by molar-refractivity contribution is -0.174. The lowest BCUT2D eigenvalue weighted by atomic mass is 10.1. The zero-order valence-corrected chi connectivity index (χ0v) is 18.1. The van der Waals surface area contributed by atoms with Crippen LogP contribution in [0, 0.1) is 12.7 Å². The highest BCUT2D eigenvalue weighted by atomic mass is 19.4. The van der Waals surface area contributed by atoms with Crippen LogP contribution in [0.15, 0.2) is 42.5 Å². The van der Waals surface area contributed by atoms with E-state index in [0.717, 1.165) is 0 Å². The van der Waals surface area contributed by atoms with E-state index in [1.165, 1.54) is 52.8 Å². The third kappa shape index (κ3) is 6.22. The molecule has 0 bridgehead atoms. The van der Waals surface area contributed by atoms with Gasteiger partial charge < -0.3 is 9.64 Å². The molecular formula is C22H22F4N4O4. The maximum absolute atomic E-state index is 13.6. The average molecular weight is 482 g/mol. The van der Waals surface area contributed by atoms with Crippen LogP contribution in [-0.2, 0) is 16.1 Å². The largest absolute Gasteiger partial charge is 0.472 e. The molecule has 2 aromatic rings. The monoisotopic (exact) mass is 482 g/mol. The van der Waals surface area contributed by atoms with Gasteiger partial charge in [0.25, 0.3) is 5.91 Å². The van der Waals surface area contributed by atoms with Crippen molar-refractivity contribution in [2.75, 3.05) is 31.2 Å². The number of hydrazine groups is 1. The second kappa shape index (κ2) is 10.5. The average Bonchev–Trinajstić information content (AvgIpc) is 2.81. The molecule has 0 aliphatic carbocycles. The third-order valence-corrected chi connectivity index (χ3v) is 5.07. The van der Waals surface area contributed by atoms with Gasteiger partial charge in [0.2, 0.25) is 0 Å². The topological polar surface area (TPSA) is 91.0 Å². The highest BCUT2D eigenvalue weighted by molar-refractivity contribution is 5.96. The van der Waals surface area contributed by atoms with Crippen molar-refractivity contribution in [3.8, 4) is 0 Å². The number of anilines is 1. The lowest BCUT2D eigenvalue weighted by Crippen LogP contribution is -2.48. The molecule has 12 heteroatoms. The summed E-state index contributed by atoms with van der Waals surface area (Å²) < 4.78 is 55.6. The van der Waals surface area contributed by atoms with E-state index in [4.69, 9.17) is 4.74 Å². The number of carbonyl (C=O) groups is 3. The van der Waals surface area contributed by atoms with Crippen molar-refractivity contribution in [3.63, 3.8) is 0 Å². The number of hydrogen-bond acceptors (Lipinski definition) is 4. The van der Waals surface area contributed by atoms with Crippen LogP contribution < -0.4 is 15.8 Å². The van der Waals surface area contributed by atoms with Crippen LogP contribution in [-0.4, -0.2) is 55.2 Å². The second-order valence-corrected chi connectivity index (χ2v) is 7.50. The summed E-state index contributed by atoms with van der Waals surface area (Å²) in [5.74, 6) is -3.68. The van der Waals surface area contributed by atoms with Gasteiger partial charge in [0.05, 0.1) is 19.8 Å². The van der Waals surface area contributed by atoms with Gasteiger partial charge in [-0.3, -0.25) is 25.3 Å². The van der Waals surface area contributed by atoms with E-state index in [1.807, 2.05) is 0 Å². The van der Waals surface area contributed by atoms with Gasteiger partial charge in [-0.25, -0.2) is 9.18 Å². The molecule has 1 fully saturated rings. The van der Waals surface area contributed by atoms with Gasteiger partial charge in [0.15, 0.2) is 0 Å².